The smallest absolute Gasteiger partial charge is 0.236 e. The lowest BCUT2D eigenvalue weighted by molar-refractivity contribution is -0.133. The molecule has 110 valence electrons. The first kappa shape index (κ1) is 14.8. The Kier molecular flexibility index (Phi) is 5.60. The molecule has 2 rings (SSSR count). The Morgan fingerprint density at radius 2 is 1.74 bits per heavy atom. The zero-order valence-corrected chi connectivity index (χ0v) is 12.4. The van der Waals surface area contributed by atoms with Crippen molar-refractivity contribution in [2.75, 3.05) is 58.9 Å². The van der Waals surface area contributed by atoms with E-state index in [1.807, 2.05) is 4.90 Å². The van der Waals surface area contributed by atoms with Crippen LogP contribution < -0.4 is 5.32 Å². The maximum atomic E-state index is 12.2. The Labute approximate surface area is 116 Å². The summed E-state index contributed by atoms with van der Waals surface area (Å²) in [6, 6.07) is 0.672. The average molecular weight is 268 g/mol. The molecule has 19 heavy (non-hydrogen) atoms. The summed E-state index contributed by atoms with van der Waals surface area (Å²) in [5.41, 5.74) is 0. The van der Waals surface area contributed by atoms with E-state index in [1.165, 1.54) is 6.42 Å². The summed E-state index contributed by atoms with van der Waals surface area (Å²) in [5.74, 6) is 0.304. The Morgan fingerprint density at radius 1 is 1.11 bits per heavy atom. The quantitative estimate of drug-likeness (QED) is 0.769. The van der Waals surface area contributed by atoms with Gasteiger partial charge in [0.1, 0.15) is 0 Å². The number of carbonyl (C=O) groups is 1. The second-order valence-electron chi connectivity index (χ2n) is 5.70. The summed E-state index contributed by atoms with van der Waals surface area (Å²) >= 11 is 0. The summed E-state index contributed by atoms with van der Waals surface area (Å²) in [5, 5.41) is 3.28. The fourth-order valence-electron chi connectivity index (χ4n) is 2.83. The summed E-state index contributed by atoms with van der Waals surface area (Å²) in [6.45, 7) is 13.0. The maximum Gasteiger partial charge on any atom is 0.236 e. The topological polar surface area (TPSA) is 38.8 Å². The van der Waals surface area contributed by atoms with Gasteiger partial charge >= 0.3 is 0 Å². The highest BCUT2D eigenvalue weighted by Gasteiger charge is 2.23. The van der Waals surface area contributed by atoms with Crippen molar-refractivity contribution in [3.8, 4) is 0 Å². The number of hydrogen-bond donors (Lipinski definition) is 1. The van der Waals surface area contributed by atoms with Crippen molar-refractivity contribution >= 4 is 5.91 Å². The van der Waals surface area contributed by atoms with Crippen LogP contribution >= 0.6 is 0 Å². The van der Waals surface area contributed by atoms with Crippen LogP contribution in [0.3, 0.4) is 0 Å². The summed E-state index contributed by atoms with van der Waals surface area (Å²) in [4.78, 5) is 19.0. The SMILES string of the molecule is CCC(C)N1CCN(CC(=O)N2CCNCC2)CC1. The van der Waals surface area contributed by atoms with Crippen LogP contribution in [-0.4, -0.2) is 85.6 Å². The van der Waals surface area contributed by atoms with E-state index in [-0.39, 0.29) is 0 Å². The summed E-state index contributed by atoms with van der Waals surface area (Å²) in [7, 11) is 0. The number of hydrogen-bond acceptors (Lipinski definition) is 4. The Morgan fingerprint density at radius 3 is 2.32 bits per heavy atom. The van der Waals surface area contributed by atoms with Crippen LogP contribution in [0.2, 0.25) is 0 Å². The number of carbonyl (C=O) groups excluding carboxylic acids is 1. The molecule has 1 amide bonds. The minimum absolute atomic E-state index is 0.304. The zero-order valence-electron chi connectivity index (χ0n) is 12.4. The molecule has 0 radical (unpaired) electrons. The van der Waals surface area contributed by atoms with Gasteiger partial charge in [0.05, 0.1) is 6.54 Å². The Hall–Kier alpha value is -0.650. The molecule has 1 unspecified atom stereocenters. The van der Waals surface area contributed by atoms with E-state index in [1.54, 1.807) is 0 Å². The highest BCUT2D eigenvalue weighted by molar-refractivity contribution is 5.78. The van der Waals surface area contributed by atoms with Gasteiger partial charge in [0.25, 0.3) is 0 Å². The molecule has 5 nitrogen and oxygen atoms in total. The molecular formula is C14H28N4O. The second kappa shape index (κ2) is 7.22. The van der Waals surface area contributed by atoms with E-state index >= 15 is 0 Å². The first-order valence-corrected chi connectivity index (χ1v) is 7.65. The minimum atomic E-state index is 0.304. The molecule has 2 aliphatic rings. The van der Waals surface area contributed by atoms with E-state index < -0.39 is 0 Å². The molecule has 1 atom stereocenters. The van der Waals surface area contributed by atoms with Crippen LogP contribution in [-0.2, 0) is 4.79 Å². The third kappa shape index (κ3) is 4.16. The number of amides is 1. The number of nitrogens with one attached hydrogen (secondary N) is 1. The fraction of sp³-hybridized carbons (Fsp3) is 0.929. The lowest BCUT2D eigenvalue weighted by atomic mass is 10.2. The van der Waals surface area contributed by atoms with Crippen LogP contribution in [0, 0.1) is 0 Å². The van der Waals surface area contributed by atoms with E-state index in [0.29, 0.717) is 18.5 Å². The van der Waals surface area contributed by atoms with Gasteiger partial charge < -0.3 is 10.2 Å². The molecular weight excluding hydrogens is 240 g/mol. The van der Waals surface area contributed by atoms with Crippen molar-refractivity contribution in [2.45, 2.75) is 26.3 Å². The molecule has 0 spiro atoms. The van der Waals surface area contributed by atoms with Gasteiger partial charge in [-0.05, 0) is 13.3 Å². The van der Waals surface area contributed by atoms with Crippen molar-refractivity contribution in [2.24, 2.45) is 0 Å². The van der Waals surface area contributed by atoms with Gasteiger partial charge in [-0.3, -0.25) is 14.6 Å². The molecule has 2 fully saturated rings. The Bertz CT molecular complexity index is 283. The average Bonchev–Trinajstić information content (AvgIpc) is 2.48. The molecule has 1 N–H and O–H groups in total. The number of rotatable bonds is 4. The molecule has 0 bridgehead atoms. The van der Waals surface area contributed by atoms with Crippen molar-refractivity contribution in [1.29, 1.82) is 0 Å². The fourth-order valence-corrected chi connectivity index (χ4v) is 2.83. The molecule has 0 saturated carbocycles. The van der Waals surface area contributed by atoms with E-state index in [4.69, 9.17) is 0 Å². The largest absolute Gasteiger partial charge is 0.339 e. The van der Waals surface area contributed by atoms with Gasteiger partial charge in [0, 0.05) is 58.4 Å². The molecule has 2 aliphatic heterocycles. The highest BCUT2D eigenvalue weighted by atomic mass is 16.2. The molecule has 5 heteroatoms. The van der Waals surface area contributed by atoms with Crippen LogP contribution in [0.1, 0.15) is 20.3 Å². The lowest BCUT2D eigenvalue weighted by Gasteiger charge is -2.38. The monoisotopic (exact) mass is 268 g/mol. The van der Waals surface area contributed by atoms with E-state index in [9.17, 15) is 4.79 Å². The van der Waals surface area contributed by atoms with Gasteiger partial charge in [-0.15, -0.1) is 0 Å². The number of piperazine rings is 2. The van der Waals surface area contributed by atoms with Gasteiger partial charge in [-0.25, -0.2) is 0 Å². The van der Waals surface area contributed by atoms with Crippen molar-refractivity contribution < 1.29 is 4.79 Å². The zero-order chi connectivity index (χ0) is 13.7. The lowest BCUT2D eigenvalue weighted by Crippen LogP contribution is -2.54. The van der Waals surface area contributed by atoms with E-state index in [0.717, 1.165) is 52.4 Å². The third-order valence-corrected chi connectivity index (χ3v) is 4.45. The molecule has 0 aliphatic carbocycles. The van der Waals surface area contributed by atoms with Crippen LogP contribution in [0.15, 0.2) is 0 Å². The predicted molar refractivity (Wildman–Crippen MR) is 77.2 cm³/mol. The van der Waals surface area contributed by atoms with Gasteiger partial charge in [0.15, 0.2) is 0 Å². The molecule has 2 heterocycles. The highest BCUT2D eigenvalue weighted by Crippen LogP contribution is 2.09. The normalized spacial score (nSPS) is 24.4. The maximum absolute atomic E-state index is 12.2. The molecule has 0 aromatic heterocycles. The molecule has 0 aromatic rings. The first-order chi connectivity index (χ1) is 9.20. The third-order valence-electron chi connectivity index (χ3n) is 4.45. The standard InChI is InChI=1S/C14H28N4O/c1-3-13(2)17-10-8-16(9-11-17)12-14(19)18-6-4-15-5-7-18/h13,15H,3-12H2,1-2H3. The number of nitrogens with zero attached hydrogens (tertiary/aromatic N) is 3. The van der Waals surface area contributed by atoms with Crippen molar-refractivity contribution in [1.82, 2.24) is 20.0 Å². The minimum Gasteiger partial charge on any atom is -0.339 e. The predicted octanol–water partition coefficient (Wildman–Crippen LogP) is -0.166. The Balaban J connectivity index is 1.71. The van der Waals surface area contributed by atoms with Gasteiger partial charge in [0.2, 0.25) is 5.91 Å². The van der Waals surface area contributed by atoms with Crippen LogP contribution in [0.5, 0.6) is 0 Å². The van der Waals surface area contributed by atoms with Crippen molar-refractivity contribution in [3.63, 3.8) is 0 Å². The van der Waals surface area contributed by atoms with E-state index in [2.05, 4.69) is 29.0 Å². The van der Waals surface area contributed by atoms with Gasteiger partial charge in [-0.2, -0.15) is 0 Å². The summed E-state index contributed by atoms with van der Waals surface area (Å²) in [6.07, 6.45) is 1.21. The van der Waals surface area contributed by atoms with Crippen LogP contribution in [0.25, 0.3) is 0 Å². The summed E-state index contributed by atoms with van der Waals surface area (Å²) < 4.78 is 0. The first-order valence-electron chi connectivity index (χ1n) is 7.65. The molecule has 0 aromatic carbocycles. The second-order valence-corrected chi connectivity index (χ2v) is 5.70. The molecule has 2 saturated heterocycles. The van der Waals surface area contributed by atoms with Crippen LogP contribution in [0.4, 0.5) is 0 Å². The van der Waals surface area contributed by atoms with Gasteiger partial charge in [-0.1, -0.05) is 6.92 Å². The van der Waals surface area contributed by atoms with Crippen molar-refractivity contribution in [3.05, 3.63) is 0 Å².